The van der Waals surface area contributed by atoms with Crippen LogP contribution in [0.25, 0.3) is 11.3 Å². The molecule has 19 heavy (non-hydrogen) atoms. The van der Waals surface area contributed by atoms with Crippen LogP contribution in [0.15, 0.2) is 30.3 Å². The van der Waals surface area contributed by atoms with E-state index in [4.69, 9.17) is 4.74 Å². The number of nitrogens with zero attached hydrogens (tertiary/aromatic N) is 2. The van der Waals surface area contributed by atoms with E-state index in [0.29, 0.717) is 5.69 Å². The molecule has 0 aliphatic heterocycles. The quantitative estimate of drug-likeness (QED) is 0.626. The van der Waals surface area contributed by atoms with Gasteiger partial charge in [0.25, 0.3) is 5.69 Å². The minimum absolute atomic E-state index is 0.0128. The minimum atomic E-state index is -0.411. The Kier molecular flexibility index (Phi) is 3.46. The third-order valence-electron chi connectivity index (χ3n) is 2.90. The van der Waals surface area contributed by atoms with Gasteiger partial charge in [0.1, 0.15) is 11.4 Å². The summed E-state index contributed by atoms with van der Waals surface area (Å²) in [5.74, 6) is 0.719. The summed E-state index contributed by atoms with van der Waals surface area (Å²) in [6.45, 7) is 3.69. The van der Waals surface area contributed by atoms with Gasteiger partial charge in [0.05, 0.1) is 12.0 Å². The van der Waals surface area contributed by atoms with Gasteiger partial charge in [-0.1, -0.05) is 0 Å². The predicted molar refractivity (Wildman–Crippen MR) is 72.4 cm³/mol. The van der Waals surface area contributed by atoms with E-state index < -0.39 is 4.92 Å². The van der Waals surface area contributed by atoms with E-state index in [-0.39, 0.29) is 5.69 Å². The second-order valence-electron chi connectivity index (χ2n) is 4.26. The molecule has 0 unspecified atom stereocenters. The van der Waals surface area contributed by atoms with Gasteiger partial charge in [0.15, 0.2) is 0 Å². The van der Waals surface area contributed by atoms with Crippen molar-refractivity contribution < 1.29 is 9.66 Å². The van der Waals surface area contributed by atoms with Crippen LogP contribution in [0.4, 0.5) is 5.69 Å². The smallest absolute Gasteiger partial charge is 0.295 e. The number of benzene rings is 1. The highest BCUT2D eigenvalue weighted by atomic mass is 16.6. The third kappa shape index (κ3) is 2.54. The zero-order chi connectivity index (χ0) is 14.0. The van der Waals surface area contributed by atoms with Gasteiger partial charge in [-0.25, -0.2) is 4.98 Å². The molecule has 0 N–H and O–H groups in total. The topological polar surface area (TPSA) is 65.3 Å². The van der Waals surface area contributed by atoms with Crippen molar-refractivity contribution in [3.63, 3.8) is 0 Å². The molecular weight excluding hydrogens is 244 g/mol. The lowest BCUT2D eigenvalue weighted by molar-refractivity contribution is -0.384. The average Bonchev–Trinajstić information content (AvgIpc) is 2.38. The van der Waals surface area contributed by atoms with Gasteiger partial charge in [-0.05, 0) is 43.7 Å². The van der Waals surface area contributed by atoms with E-state index >= 15 is 0 Å². The third-order valence-corrected chi connectivity index (χ3v) is 2.90. The molecule has 5 nitrogen and oxygen atoms in total. The molecule has 1 aromatic heterocycles. The molecule has 1 heterocycles. The van der Waals surface area contributed by atoms with Crippen molar-refractivity contribution in [2.45, 2.75) is 13.8 Å². The van der Waals surface area contributed by atoms with Crippen LogP contribution in [0.2, 0.25) is 0 Å². The molecule has 2 rings (SSSR count). The van der Waals surface area contributed by atoms with E-state index in [2.05, 4.69) is 4.98 Å². The maximum atomic E-state index is 11.1. The highest BCUT2D eigenvalue weighted by Crippen LogP contribution is 2.32. The summed E-state index contributed by atoms with van der Waals surface area (Å²) in [4.78, 5) is 15.0. The zero-order valence-corrected chi connectivity index (χ0v) is 11.0. The van der Waals surface area contributed by atoms with Crippen LogP contribution in [-0.4, -0.2) is 17.0 Å². The summed E-state index contributed by atoms with van der Waals surface area (Å²) in [6, 6.07) is 8.53. The maximum Gasteiger partial charge on any atom is 0.295 e. The number of pyridine rings is 1. The van der Waals surface area contributed by atoms with Crippen molar-refractivity contribution in [3.05, 3.63) is 51.7 Å². The normalized spacial score (nSPS) is 10.3. The molecule has 0 radical (unpaired) electrons. The lowest BCUT2D eigenvalue weighted by Crippen LogP contribution is -1.97. The van der Waals surface area contributed by atoms with Crippen molar-refractivity contribution in [1.82, 2.24) is 4.98 Å². The molecule has 0 spiro atoms. The summed E-state index contributed by atoms with van der Waals surface area (Å²) >= 11 is 0. The standard InChI is InChI=1S/C14H14N2O3/c1-9-8-11(19-3)5-6-12(9)14-13(16(17)18)7-4-10(2)15-14/h4-8H,1-3H3. The molecule has 0 atom stereocenters. The van der Waals surface area contributed by atoms with Gasteiger partial charge in [0, 0.05) is 17.3 Å². The average molecular weight is 258 g/mol. The predicted octanol–water partition coefficient (Wildman–Crippen LogP) is 3.28. The van der Waals surface area contributed by atoms with Crippen molar-refractivity contribution in [3.8, 4) is 17.0 Å². The maximum absolute atomic E-state index is 11.1. The monoisotopic (exact) mass is 258 g/mol. The Labute approximate surface area is 111 Å². The fourth-order valence-electron chi connectivity index (χ4n) is 1.92. The Bertz CT molecular complexity index is 639. The Balaban J connectivity index is 2.64. The highest BCUT2D eigenvalue weighted by Gasteiger charge is 2.18. The molecule has 0 amide bonds. The number of methoxy groups -OCH3 is 1. The minimum Gasteiger partial charge on any atom is -0.497 e. The van der Waals surface area contributed by atoms with Gasteiger partial charge in [-0.15, -0.1) is 0 Å². The number of hydrogen-bond donors (Lipinski definition) is 0. The molecule has 0 aliphatic rings. The number of nitro groups is 1. The molecule has 0 saturated heterocycles. The van der Waals surface area contributed by atoms with Crippen LogP contribution < -0.4 is 4.74 Å². The summed E-state index contributed by atoms with van der Waals surface area (Å²) < 4.78 is 5.13. The first-order valence-corrected chi connectivity index (χ1v) is 5.80. The molecule has 0 bridgehead atoms. The second kappa shape index (κ2) is 5.06. The van der Waals surface area contributed by atoms with Crippen molar-refractivity contribution in [2.24, 2.45) is 0 Å². The number of hydrogen-bond acceptors (Lipinski definition) is 4. The fraction of sp³-hybridized carbons (Fsp3) is 0.214. The van der Waals surface area contributed by atoms with E-state index in [1.165, 1.54) is 6.07 Å². The van der Waals surface area contributed by atoms with Crippen molar-refractivity contribution in [1.29, 1.82) is 0 Å². The number of aryl methyl sites for hydroxylation is 2. The zero-order valence-electron chi connectivity index (χ0n) is 11.0. The molecule has 5 heteroatoms. The second-order valence-corrected chi connectivity index (χ2v) is 4.26. The number of aromatic nitrogens is 1. The molecule has 0 saturated carbocycles. The van der Waals surface area contributed by atoms with Gasteiger partial charge in [-0.3, -0.25) is 10.1 Å². The lowest BCUT2D eigenvalue weighted by atomic mass is 10.0. The van der Waals surface area contributed by atoms with Crippen LogP contribution in [0.3, 0.4) is 0 Å². The number of ether oxygens (including phenoxy) is 1. The van der Waals surface area contributed by atoms with Crippen LogP contribution in [0, 0.1) is 24.0 Å². The lowest BCUT2D eigenvalue weighted by Gasteiger charge is -2.08. The van der Waals surface area contributed by atoms with Gasteiger partial charge in [-0.2, -0.15) is 0 Å². The van der Waals surface area contributed by atoms with Crippen molar-refractivity contribution in [2.75, 3.05) is 7.11 Å². The highest BCUT2D eigenvalue weighted by molar-refractivity contribution is 5.73. The first-order valence-electron chi connectivity index (χ1n) is 5.80. The summed E-state index contributed by atoms with van der Waals surface area (Å²) in [5, 5.41) is 11.1. The number of rotatable bonds is 3. The Morgan fingerprint density at radius 1 is 1.21 bits per heavy atom. The van der Waals surface area contributed by atoms with Gasteiger partial charge < -0.3 is 4.74 Å². The van der Waals surface area contributed by atoms with E-state index in [1.807, 2.05) is 19.9 Å². The van der Waals surface area contributed by atoms with Crippen LogP contribution in [-0.2, 0) is 0 Å². The van der Waals surface area contributed by atoms with Crippen LogP contribution in [0.5, 0.6) is 5.75 Å². The fourth-order valence-corrected chi connectivity index (χ4v) is 1.92. The molecule has 0 fully saturated rings. The largest absolute Gasteiger partial charge is 0.497 e. The summed E-state index contributed by atoms with van der Waals surface area (Å²) in [7, 11) is 1.59. The summed E-state index contributed by atoms with van der Waals surface area (Å²) in [5.41, 5.74) is 2.79. The Morgan fingerprint density at radius 2 is 1.95 bits per heavy atom. The SMILES string of the molecule is COc1ccc(-c2nc(C)ccc2[N+](=O)[O-])c(C)c1. The summed E-state index contributed by atoms with van der Waals surface area (Å²) in [6.07, 6.45) is 0. The van der Waals surface area contributed by atoms with Gasteiger partial charge in [0.2, 0.25) is 0 Å². The molecular formula is C14H14N2O3. The molecule has 1 aromatic carbocycles. The molecule has 0 aliphatic carbocycles. The molecule has 98 valence electrons. The van der Waals surface area contributed by atoms with E-state index in [0.717, 1.165) is 22.6 Å². The van der Waals surface area contributed by atoms with Crippen molar-refractivity contribution >= 4 is 5.69 Å². The van der Waals surface area contributed by atoms with Crippen LogP contribution >= 0.6 is 0 Å². The first-order chi connectivity index (χ1) is 9.02. The Morgan fingerprint density at radius 3 is 2.53 bits per heavy atom. The van der Waals surface area contributed by atoms with Crippen LogP contribution in [0.1, 0.15) is 11.3 Å². The van der Waals surface area contributed by atoms with E-state index in [9.17, 15) is 10.1 Å². The Hall–Kier alpha value is -2.43. The molecule has 2 aromatic rings. The first kappa shape index (κ1) is 13.0. The van der Waals surface area contributed by atoms with Gasteiger partial charge >= 0.3 is 0 Å². The van der Waals surface area contributed by atoms with E-state index in [1.54, 1.807) is 25.3 Å².